The third kappa shape index (κ3) is 10.3. The Bertz CT molecular complexity index is 2830. The lowest BCUT2D eigenvalue weighted by atomic mass is 10.1. The van der Waals surface area contributed by atoms with E-state index in [1.54, 1.807) is 42.5 Å². The highest BCUT2D eigenvalue weighted by Gasteiger charge is 2.13. The van der Waals surface area contributed by atoms with Crippen LogP contribution in [0.2, 0.25) is 15.1 Å². The van der Waals surface area contributed by atoms with Crippen LogP contribution in [0.5, 0.6) is 0 Å². The molecule has 0 spiro atoms. The zero-order valence-corrected chi connectivity index (χ0v) is 33.5. The molecule has 0 aliphatic heterocycles. The van der Waals surface area contributed by atoms with Crippen molar-refractivity contribution in [3.05, 3.63) is 176 Å². The van der Waals surface area contributed by atoms with Gasteiger partial charge in [0.05, 0.1) is 26.2 Å². The minimum atomic E-state index is -1.22. The average Bonchev–Trinajstić information content (AvgIpc) is 3.98. The van der Waals surface area contributed by atoms with Crippen LogP contribution < -0.4 is 16.0 Å². The number of para-hydroxylation sites is 2. The lowest BCUT2D eigenvalue weighted by Crippen LogP contribution is -2.04. The Hall–Kier alpha value is -6.21. The number of halogens is 6. The number of nitrogens with zero attached hydrogens (tertiary/aromatic N) is 3. The van der Waals surface area contributed by atoms with Gasteiger partial charge in [0, 0.05) is 42.4 Å². The number of nitrogens with one attached hydrogen (secondary N) is 3. The Morgan fingerprint density at radius 3 is 1.64 bits per heavy atom. The van der Waals surface area contributed by atoms with E-state index in [-0.39, 0.29) is 12.1 Å². The summed E-state index contributed by atoms with van der Waals surface area (Å²) in [4.78, 5) is 0. The highest BCUT2D eigenvalue weighted by Crippen LogP contribution is 2.28. The van der Waals surface area contributed by atoms with Crippen LogP contribution in [0.15, 0.2) is 135 Å². The second-order valence-corrected chi connectivity index (χ2v) is 14.3. The summed E-state index contributed by atoms with van der Waals surface area (Å²) >= 11 is 17.8. The van der Waals surface area contributed by atoms with Crippen molar-refractivity contribution < 1.29 is 26.7 Å². The van der Waals surface area contributed by atoms with E-state index in [1.165, 1.54) is 11.1 Å². The number of hydrogen-bond donors (Lipinski definition) is 3. The maximum absolute atomic E-state index is 13.5. The standard InChI is InChI=1S/C16H16N2O.C14H9Cl3N2O.C14H9F3N2O/c1-2-12-7-9-13(10-8-12)11-17-16-14-5-3-4-6-15(14)19-18-16;15-9-2-3-10-13(6-9)20-19-14(10)18-7-8-1-4-11(16)12(17)5-8;15-9-5-8(13(17)11(16)6-9)7-18-14-10-3-1-2-4-12(10)20-19-14/h3-10H,2,11H2,1H3,(H,17,18);2*1-6H,7H2,(H,18,19). The van der Waals surface area contributed by atoms with Crippen LogP contribution in [0.4, 0.5) is 30.6 Å². The summed E-state index contributed by atoms with van der Waals surface area (Å²) in [6.07, 6.45) is 1.07. The maximum Gasteiger partial charge on any atom is 0.177 e. The molecular weight excluding hydrogens is 824 g/mol. The molecule has 0 bridgehead atoms. The summed E-state index contributed by atoms with van der Waals surface area (Å²) in [6, 6.07) is 35.9. The molecule has 59 heavy (non-hydrogen) atoms. The van der Waals surface area contributed by atoms with E-state index in [0.717, 1.165) is 46.8 Å². The zero-order valence-electron chi connectivity index (χ0n) is 31.2. The van der Waals surface area contributed by atoms with Gasteiger partial charge in [-0.15, -0.1) is 0 Å². The smallest absolute Gasteiger partial charge is 0.177 e. The van der Waals surface area contributed by atoms with E-state index in [0.29, 0.717) is 55.9 Å². The van der Waals surface area contributed by atoms with Crippen LogP contribution in [-0.2, 0) is 26.1 Å². The molecule has 0 saturated carbocycles. The molecule has 9 aromatic rings. The predicted octanol–water partition coefficient (Wildman–Crippen LogP) is 13.3. The highest BCUT2D eigenvalue weighted by molar-refractivity contribution is 6.42. The first-order valence-corrected chi connectivity index (χ1v) is 19.4. The van der Waals surface area contributed by atoms with Gasteiger partial charge in [-0.05, 0) is 77.7 Å². The van der Waals surface area contributed by atoms with Crippen LogP contribution in [-0.4, -0.2) is 15.5 Å². The van der Waals surface area contributed by atoms with E-state index < -0.39 is 17.5 Å². The number of hydrogen-bond acceptors (Lipinski definition) is 9. The predicted molar refractivity (Wildman–Crippen MR) is 228 cm³/mol. The van der Waals surface area contributed by atoms with Crippen LogP contribution >= 0.6 is 34.8 Å². The van der Waals surface area contributed by atoms with Gasteiger partial charge in [-0.3, -0.25) is 0 Å². The third-order valence-corrected chi connectivity index (χ3v) is 10.0. The first-order valence-electron chi connectivity index (χ1n) is 18.3. The molecule has 3 heterocycles. The summed E-state index contributed by atoms with van der Waals surface area (Å²) in [7, 11) is 0. The Morgan fingerprint density at radius 2 is 1.03 bits per heavy atom. The van der Waals surface area contributed by atoms with Crippen LogP contribution in [0.3, 0.4) is 0 Å². The molecular formula is C44H34Cl3F3N6O3. The molecule has 0 aliphatic rings. The van der Waals surface area contributed by atoms with Crippen LogP contribution in [0, 0.1) is 17.5 Å². The Balaban J connectivity index is 0.000000134. The van der Waals surface area contributed by atoms with E-state index in [4.69, 9.17) is 48.4 Å². The topological polar surface area (TPSA) is 114 Å². The number of aromatic nitrogens is 3. The van der Waals surface area contributed by atoms with Crippen molar-refractivity contribution in [1.29, 1.82) is 0 Å². The monoisotopic (exact) mass is 856 g/mol. The molecule has 0 amide bonds. The molecule has 0 atom stereocenters. The molecule has 0 fully saturated rings. The molecule has 9 nitrogen and oxygen atoms in total. The van der Waals surface area contributed by atoms with Gasteiger partial charge in [-0.2, -0.15) is 0 Å². The lowest BCUT2D eigenvalue weighted by Gasteiger charge is -2.05. The van der Waals surface area contributed by atoms with Gasteiger partial charge in [0.15, 0.2) is 45.8 Å². The minimum absolute atomic E-state index is 0.100. The maximum atomic E-state index is 13.5. The average molecular weight is 858 g/mol. The van der Waals surface area contributed by atoms with Gasteiger partial charge < -0.3 is 29.5 Å². The summed E-state index contributed by atoms with van der Waals surface area (Å²) in [5.74, 6) is -1.26. The molecule has 0 radical (unpaired) electrons. The summed E-state index contributed by atoms with van der Waals surface area (Å²) in [5, 5.41) is 25.5. The Morgan fingerprint density at radius 1 is 0.508 bits per heavy atom. The minimum Gasteiger partial charge on any atom is -0.363 e. The van der Waals surface area contributed by atoms with Gasteiger partial charge in [-0.1, -0.05) is 112 Å². The SMILES string of the molecule is CCc1ccc(CNc2noc3ccccc23)cc1.Clc1ccc2c(NCc3ccc(Cl)c(Cl)c3)noc2c1.Fc1cc(F)c(F)c(CNc2noc3ccccc23)c1. The molecule has 9 rings (SSSR count). The van der Waals surface area contributed by atoms with Gasteiger partial charge in [0.25, 0.3) is 0 Å². The van der Waals surface area contributed by atoms with Crippen LogP contribution in [0.25, 0.3) is 32.9 Å². The summed E-state index contributed by atoms with van der Waals surface area (Å²) in [5.41, 5.74) is 5.51. The van der Waals surface area contributed by atoms with Crippen LogP contribution in [0.1, 0.15) is 29.2 Å². The second kappa shape index (κ2) is 19.0. The summed E-state index contributed by atoms with van der Waals surface area (Å²) < 4.78 is 55.2. The number of rotatable bonds is 10. The summed E-state index contributed by atoms with van der Waals surface area (Å²) in [6.45, 7) is 3.38. The first-order chi connectivity index (χ1) is 28.6. The van der Waals surface area contributed by atoms with E-state index >= 15 is 0 Å². The number of aryl methyl sites for hydroxylation is 1. The lowest BCUT2D eigenvalue weighted by molar-refractivity contribution is 0.458. The van der Waals surface area contributed by atoms with Crippen molar-refractivity contribution in [3.8, 4) is 0 Å². The van der Waals surface area contributed by atoms with Gasteiger partial charge >= 0.3 is 0 Å². The van der Waals surface area contributed by atoms with Crippen molar-refractivity contribution in [2.45, 2.75) is 33.0 Å². The van der Waals surface area contributed by atoms with Gasteiger partial charge in [-0.25, -0.2) is 13.2 Å². The molecule has 0 saturated heterocycles. The molecule has 6 aromatic carbocycles. The number of fused-ring (bicyclic) bond motifs is 3. The largest absolute Gasteiger partial charge is 0.363 e. The van der Waals surface area contributed by atoms with Gasteiger partial charge in [0.2, 0.25) is 0 Å². The second-order valence-electron chi connectivity index (χ2n) is 13.1. The molecule has 0 aliphatic carbocycles. The highest BCUT2D eigenvalue weighted by atomic mass is 35.5. The molecule has 0 unspecified atom stereocenters. The zero-order chi connectivity index (χ0) is 41.3. The fourth-order valence-electron chi connectivity index (χ4n) is 5.90. The fourth-order valence-corrected chi connectivity index (χ4v) is 6.38. The van der Waals surface area contributed by atoms with Crippen molar-refractivity contribution in [2.24, 2.45) is 0 Å². The quantitative estimate of drug-likeness (QED) is 0.116. The molecule has 3 aromatic heterocycles. The number of benzene rings is 6. The third-order valence-electron chi connectivity index (χ3n) is 9.04. The van der Waals surface area contributed by atoms with Crippen molar-refractivity contribution in [3.63, 3.8) is 0 Å². The van der Waals surface area contributed by atoms with Crippen molar-refractivity contribution in [2.75, 3.05) is 16.0 Å². The number of anilines is 3. The Kier molecular flexibility index (Phi) is 13.2. The van der Waals surface area contributed by atoms with E-state index in [1.807, 2.05) is 42.5 Å². The fraction of sp³-hybridized carbons (Fsp3) is 0.114. The Labute approximate surface area is 351 Å². The molecule has 300 valence electrons. The normalized spacial score (nSPS) is 10.9. The molecule has 3 N–H and O–H groups in total. The molecule has 15 heteroatoms. The van der Waals surface area contributed by atoms with E-state index in [9.17, 15) is 13.2 Å². The van der Waals surface area contributed by atoms with Gasteiger partial charge in [0.1, 0.15) is 5.82 Å². The van der Waals surface area contributed by atoms with E-state index in [2.05, 4.69) is 62.6 Å². The first kappa shape index (κ1) is 41.0. The van der Waals surface area contributed by atoms with Crippen molar-refractivity contribution in [1.82, 2.24) is 15.5 Å². The van der Waals surface area contributed by atoms with Crippen molar-refractivity contribution >= 4 is 85.2 Å².